The van der Waals surface area contributed by atoms with Gasteiger partial charge in [0.15, 0.2) is 6.10 Å². The van der Waals surface area contributed by atoms with E-state index < -0.39 is 12.2 Å². The molecule has 5 rings (SSSR count). The van der Waals surface area contributed by atoms with Crippen molar-refractivity contribution >= 4 is 23.5 Å². The third-order valence-corrected chi connectivity index (χ3v) is 7.47. The first-order valence-electron chi connectivity index (χ1n) is 11.0. The van der Waals surface area contributed by atoms with Gasteiger partial charge in [-0.15, -0.1) is 5.10 Å². The van der Waals surface area contributed by atoms with E-state index in [1.807, 2.05) is 0 Å². The lowest BCUT2D eigenvalue weighted by molar-refractivity contribution is 0.00751. The predicted molar refractivity (Wildman–Crippen MR) is 118 cm³/mol. The van der Waals surface area contributed by atoms with Gasteiger partial charge in [0.25, 0.3) is 0 Å². The Kier molecular flexibility index (Phi) is 6.56. The van der Waals surface area contributed by atoms with Gasteiger partial charge in [-0.1, -0.05) is 24.6 Å². The summed E-state index contributed by atoms with van der Waals surface area (Å²) >= 11 is 1.72. The van der Waals surface area contributed by atoms with Crippen LogP contribution in [0.4, 0.5) is 10.5 Å². The number of thioether (sulfide) groups is 1. The molecule has 0 spiro atoms. The van der Waals surface area contributed by atoms with Crippen LogP contribution < -0.4 is 14.8 Å². The Labute approximate surface area is 195 Å². The normalized spacial score (nSPS) is 26.8. The average Bonchev–Trinajstić information content (AvgIpc) is 3.60. The molecule has 4 atom stereocenters. The number of anilines is 1. The average molecular weight is 478 g/mol. The lowest BCUT2D eigenvalue weighted by atomic mass is 10.1. The van der Waals surface area contributed by atoms with Crippen molar-refractivity contribution in [3.8, 4) is 11.5 Å². The Morgan fingerprint density at radius 3 is 2.55 bits per heavy atom. The molecule has 33 heavy (non-hydrogen) atoms. The van der Waals surface area contributed by atoms with Crippen molar-refractivity contribution in [2.75, 3.05) is 32.8 Å². The number of hydrogen-bond donors (Lipinski definition) is 1. The summed E-state index contributed by atoms with van der Waals surface area (Å²) in [5, 5.41) is 16.4. The number of nitrogens with one attached hydrogen (secondary N) is 1. The fourth-order valence-corrected chi connectivity index (χ4v) is 5.78. The Morgan fingerprint density at radius 2 is 1.82 bits per heavy atom. The molecule has 0 unspecified atom stereocenters. The van der Waals surface area contributed by atoms with Crippen molar-refractivity contribution in [1.29, 1.82) is 0 Å². The number of carbonyl (C=O) groups is 1. The number of benzene rings is 1. The quantitative estimate of drug-likeness (QED) is 0.637. The Morgan fingerprint density at radius 1 is 1.09 bits per heavy atom. The minimum absolute atomic E-state index is 0.159. The van der Waals surface area contributed by atoms with Crippen LogP contribution >= 0.6 is 11.8 Å². The number of fused-ring (bicyclic) bond motifs is 1. The summed E-state index contributed by atoms with van der Waals surface area (Å²) in [6.45, 7) is 0.640. The molecule has 11 nitrogen and oxygen atoms in total. The number of hydrogen-bond acceptors (Lipinski definition) is 10. The van der Waals surface area contributed by atoms with E-state index in [0.29, 0.717) is 29.0 Å². The van der Waals surface area contributed by atoms with Crippen molar-refractivity contribution in [3.63, 3.8) is 0 Å². The Hall–Kier alpha value is -2.57. The van der Waals surface area contributed by atoms with E-state index in [1.54, 1.807) is 48.9 Å². The van der Waals surface area contributed by atoms with Crippen LogP contribution in [0.3, 0.4) is 0 Å². The number of aromatic nitrogens is 4. The zero-order valence-corrected chi connectivity index (χ0v) is 19.3. The van der Waals surface area contributed by atoms with Gasteiger partial charge in [0, 0.05) is 23.4 Å². The molecule has 2 saturated heterocycles. The lowest BCUT2D eigenvalue weighted by Crippen LogP contribution is -2.35. The highest BCUT2D eigenvalue weighted by atomic mass is 32.2. The minimum atomic E-state index is -0.605. The maximum absolute atomic E-state index is 12.5. The molecule has 1 saturated carbocycles. The molecule has 1 amide bonds. The monoisotopic (exact) mass is 477 g/mol. The zero-order chi connectivity index (χ0) is 22.8. The first-order chi connectivity index (χ1) is 16.1. The van der Waals surface area contributed by atoms with Crippen molar-refractivity contribution in [2.45, 2.75) is 60.4 Å². The first-order valence-corrected chi connectivity index (χ1v) is 11.9. The topological polar surface area (TPSA) is 119 Å². The molecule has 0 bridgehead atoms. The number of carbonyl (C=O) groups excluding carboxylic acids is 1. The van der Waals surface area contributed by atoms with Gasteiger partial charge in [0.05, 0.1) is 33.1 Å². The van der Waals surface area contributed by atoms with Gasteiger partial charge >= 0.3 is 6.09 Å². The third kappa shape index (κ3) is 4.73. The number of amides is 1. The molecule has 1 aliphatic carbocycles. The summed E-state index contributed by atoms with van der Waals surface area (Å²) in [7, 11) is 3.09. The van der Waals surface area contributed by atoms with E-state index in [-0.39, 0.29) is 24.9 Å². The van der Waals surface area contributed by atoms with E-state index in [9.17, 15) is 4.79 Å². The SMILES string of the molecule is COc1cc(NC(=O)O[C@H]2CO[C@@H]3[C@@H]2OC[C@@H]3n2nnnc2SC2CCCC2)cc(OC)c1. The standard InChI is InChI=1S/C21H27N5O6S/c1-28-13-7-12(8-14(9-13)29-2)22-21(27)32-17-11-31-18-16(10-30-19(17)18)26-20(23-24-25-26)33-15-5-3-4-6-15/h7-9,15-19H,3-6,10-11H2,1-2H3,(H,22,27)/t16-,17-,18-,19+/m0/s1. The van der Waals surface area contributed by atoms with E-state index >= 15 is 0 Å². The minimum Gasteiger partial charge on any atom is -0.497 e. The van der Waals surface area contributed by atoms with Gasteiger partial charge in [-0.05, 0) is 23.3 Å². The number of nitrogens with zero attached hydrogens (tertiary/aromatic N) is 4. The van der Waals surface area contributed by atoms with E-state index in [0.717, 1.165) is 5.16 Å². The fourth-order valence-electron chi connectivity index (χ4n) is 4.55. The third-order valence-electron chi connectivity index (χ3n) is 6.19. The molecule has 3 aliphatic rings. The van der Waals surface area contributed by atoms with Gasteiger partial charge in [0.1, 0.15) is 29.7 Å². The second-order valence-electron chi connectivity index (χ2n) is 8.26. The van der Waals surface area contributed by atoms with Gasteiger partial charge in [0.2, 0.25) is 5.16 Å². The van der Waals surface area contributed by atoms with Crippen LogP contribution in [0.5, 0.6) is 11.5 Å². The van der Waals surface area contributed by atoms with Crippen LogP contribution in [-0.4, -0.2) is 77.3 Å². The summed E-state index contributed by atoms with van der Waals surface area (Å²) in [6.07, 6.45) is 3.07. The molecule has 3 fully saturated rings. The Balaban J connectivity index is 1.21. The maximum Gasteiger partial charge on any atom is 0.412 e. The number of ether oxygens (including phenoxy) is 5. The highest BCUT2D eigenvalue weighted by molar-refractivity contribution is 7.99. The second kappa shape index (κ2) is 9.74. The summed E-state index contributed by atoms with van der Waals surface area (Å²) < 4.78 is 29.9. The largest absolute Gasteiger partial charge is 0.497 e. The van der Waals surface area contributed by atoms with Crippen molar-refractivity contribution in [3.05, 3.63) is 18.2 Å². The van der Waals surface area contributed by atoms with Crippen LogP contribution in [0.2, 0.25) is 0 Å². The zero-order valence-electron chi connectivity index (χ0n) is 18.5. The molecule has 178 valence electrons. The highest BCUT2D eigenvalue weighted by Crippen LogP contribution is 2.39. The van der Waals surface area contributed by atoms with Gasteiger partial charge < -0.3 is 23.7 Å². The number of tetrazole rings is 1. The molecule has 3 heterocycles. The van der Waals surface area contributed by atoms with Gasteiger partial charge in [-0.2, -0.15) is 0 Å². The molecule has 2 aliphatic heterocycles. The summed E-state index contributed by atoms with van der Waals surface area (Å²) in [5.41, 5.74) is 0.499. The van der Waals surface area contributed by atoms with Crippen LogP contribution in [0.15, 0.2) is 23.4 Å². The van der Waals surface area contributed by atoms with Gasteiger partial charge in [-0.3, -0.25) is 5.32 Å². The van der Waals surface area contributed by atoms with Crippen molar-refractivity contribution < 1.29 is 28.5 Å². The van der Waals surface area contributed by atoms with Gasteiger partial charge in [-0.25, -0.2) is 9.48 Å². The van der Waals surface area contributed by atoms with E-state index in [2.05, 4.69) is 20.8 Å². The van der Waals surface area contributed by atoms with Crippen LogP contribution in [-0.2, 0) is 14.2 Å². The van der Waals surface area contributed by atoms with E-state index in [4.69, 9.17) is 23.7 Å². The van der Waals surface area contributed by atoms with Crippen LogP contribution in [0, 0.1) is 0 Å². The summed E-state index contributed by atoms with van der Waals surface area (Å²) in [6, 6.07) is 4.92. The molecule has 1 N–H and O–H groups in total. The number of rotatable bonds is 7. The van der Waals surface area contributed by atoms with Crippen molar-refractivity contribution in [1.82, 2.24) is 20.2 Å². The lowest BCUT2D eigenvalue weighted by Gasteiger charge is -2.18. The van der Waals surface area contributed by atoms with Crippen LogP contribution in [0.1, 0.15) is 31.7 Å². The van der Waals surface area contributed by atoms with E-state index in [1.165, 1.54) is 25.7 Å². The predicted octanol–water partition coefficient (Wildman–Crippen LogP) is 2.68. The molecule has 2 aromatic rings. The Bertz CT molecular complexity index is 962. The van der Waals surface area contributed by atoms with Crippen LogP contribution in [0.25, 0.3) is 0 Å². The summed E-state index contributed by atoms with van der Waals surface area (Å²) in [4.78, 5) is 12.5. The molecule has 0 radical (unpaired) electrons. The first kappa shape index (κ1) is 22.2. The molecular weight excluding hydrogens is 450 g/mol. The van der Waals surface area contributed by atoms with Crippen molar-refractivity contribution in [2.24, 2.45) is 0 Å². The molecular formula is C21H27N5O6S. The smallest absolute Gasteiger partial charge is 0.412 e. The fraction of sp³-hybridized carbons (Fsp3) is 0.619. The highest BCUT2D eigenvalue weighted by Gasteiger charge is 2.51. The molecule has 1 aromatic heterocycles. The maximum atomic E-state index is 12.5. The summed E-state index contributed by atoms with van der Waals surface area (Å²) in [5.74, 6) is 1.12. The number of methoxy groups -OCH3 is 2. The second-order valence-corrected chi connectivity index (χ2v) is 9.53. The molecule has 1 aromatic carbocycles. The molecule has 12 heteroatoms.